The Labute approximate surface area is 114 Å². The number of fused-ring (bicyclic) bond motifs is 1. The molecule has 0 aliphatic heterocycles. The second kappa shape index (κ2) is 4.68. The summed E-state index contributed by atoms with van der Waals surface area (Å²) in [5, 5.41) is 1.10. The highest BCUT2D eigenvalue weighted by Crippen LogP contribution is 2.32. The van der Waals surface area contributed by atoms with E-state index >= 15 is 0 Å². The Morgan fingerprint density at radius 2 is 2.28 bits per heavy atom. The molecule has 2 N–H and O–H groups in total. The predicted molar refractivity (Wildman–Crippen MR) is 73.0 cm³/mol. The van der Waals surface area contributed by atoms with E-state index in [-0.39, 0.29) is 11.3 Å². The van der Waals surface area contributed by atoms with Crippen LogP contribution in [0.2, 0.25) is 5.28 Å². The number of hydrogen-bond acceptors (Lipinski definition) is 5. The molecule has 0 bridgehead atoms. The van der Waals surface area contributed by atoms with E-state index in [0.717, 1.165) is 35.5 Å². The maximum absolute atomic E-state index is 5.97. The quantitative estimate of drug-likeness (QED) is 0.520. The normalized spacial score (nSPS) is 23.9. The van der Waals surface area contributed by atoms with Crippen molar-refractivity contribution < 1.29 is 0 Å². The highest BCUT2D eigenvalue weighted by Gasteiger charge is 2.25. The van der Waals surface area contributed by atoms with E-state index in [1.165, 1.54) is 11.8 Å². The van der Waals surface area contributed by atoms with Gasteiger partial charge in [-0.15, -0.1) is 11.8 Å². The van der Waals surface area contributed by atoms with E-state index in [1.54, 1.807) is 0 Å². The first-order valence-corrected chi connectivity index (χ1v) is 7.49. The number of rotatable bonds is 2. The first-order chi connectivity index (χ1) is 8.69. The van der Waals surface area contributed by atoms with Gasteiger partial charge in [0, 0.05) is 12.1 Å². The molecule has 0 aromatic carbocycles. The van der Waals surface area contributed by atoms with Gasteiger partial charge in [0.2, 0.25) is 5.28 Å². The number of halogens is 1. The van der Waals surface area contributed by atoms with Gasteiger partial charge < -0.3 is 10.3 Å². The Bertz CT molecular complexity index is 584. The fraction of sp³-hybridized carbons (Fsp3) is 0.545. The van der Waals surface area contributed by atoms with Crippen LogP contribution in [-0.4, -0.2) is 31.8 Å². The maximum Gasteiger partial charge on any atom is 0.225 e. The van der Waals surface area contributed by atoms with Crippen LogP contribution in [0.4, 0.5) is 0 Å². The second-order valence-corrected chi connectivity index (χ2v) is 5.69. The number of aromatic nitrogens is 4. The molecule has 1 saturated carbocycles. The molecule has 0 unspecified atom stereocenters. The lowest BCUT2D eigenvalue weighted by molar-refractivity contribution is 0.519. The lowest BCUT2D eigenvalue weighted by Gasteiger charge is -2.12. The summed E-state index contributed by atoms with van der Waals surface area (Å²) in [6.45, 7) is 0. The van der Waals surface area contributed by atoms with E-state index in [0.29, 0.717) is 6.04 Å². The third-order valence-corrected chi connectivity index (χ3v) is 4.23. The number of nitrogens with zero attached hydrogens (tertiary/aromatic N) is 4. The Balaban J connectivity index is 2.11. The minimum atomic E-state index is 0.274. The summed E-state index contributed by atoms with van der Waals surface area (Å²) in [7, 11) is 0. The highest BCUT2D eigenvalue weighted by molar-refractivity contribution is 7.98. The van der Waals surface area contributed by atoms with Crippen LogP contribution >= 0.6 is 23.4 Å². The standard InChI is InChI=1S/C11H14ClN5S/c1-18-10-8-9(15-11(12)16-10)17(5-14-8)7-3-2-6(13)4-7/h5-7H,2-4,13H2,1H3/t6-,7+/m0/s1. The average molecular weight is 284 g/mol. The fourth-order valence-electron chi connectivity index (χ4n) is 2.52. The van der Waals surface area contributed by atoms with Gasteiger partial charge in [0.1, 0.15) is 10.5 Å². The summed E-state index contributed by atoms with van der Waals surface area (Å²) in [6, 6.07) is 0.662. The van der Waals surface area contributed by atoms with Crippen molar-refractivity contribution in [2.45, 2.75) is 36.4 Å². The summed E-state index contributed by atoms with van der Waals surface area (Å²) in [5.41, 5.74) is 7.61. The Morgan fingerprint density at radius 3 is 2.94 bits per heavy atom. The van der Waals surface area contributed by atoms with E-state index in [9.17, 15) is 0 Å². The highest BCUT2D eigenvalue weighted by atomic mass is 35.5. The molecule has 3 rings (SSSR count). The monoisotopic (exact) mass is 283 g/mol. The molecule has 18 heavy (non-hydrogen) atoms. The minimum absolute atomic E-state index is 0.274. The number of hydrogen-bond donors (Lipinski definition) is 1. The molecule has 0 radical (unpaired) electrons. The van der Waals surface area contributed by atoms with E-state index in [2.05, 4.69) is 19.5 Å². The molecular weight excluding hydrogens is 270 g/mol. The van der Waals surface area contributed by atoms with Crippen LogP contribution < -0.4 is 5.73 Å². The van der Waals surface area contributed by atoms with Gasteiger partial charge in [-0.05, 0) is 37.1 Å². The van der Waals surface area contributed by atoms with Gasteiger partial charge in [-0.3, -0.25) is 0 Å². The second-order valence-electron chi connectivity index (χ2n) is 4.55. The molecule has 96 valence electrons. The Morgan fingerprint density at radius 1 is 1.44 bits per heavy atom. The first kappa shape index (κ1) is 12.2. The minimum Gasteiger partial charge on any atom is -0.328 e. The molecular formula is C11H14ClN5S. The van der Waals surface area contributed by atoms with Crippen LogP contribution in [-0.2, 0) is 0 Å². The molecule has 1 aliphatic carbocycles. The van der Waals surface area contributed by atoms with Crippen molar-refractivity contribution in [3.63, 3.8) is 0 Å². The molecule has 1 fully saturated rings. The van der Waals surface area contributed by atoms with Crippen LogP contribution in [0, 0.1) is 0 Å². The molecule has 2 heterocycles. The zero-order valence-corrected chi connectivity index (χ0v) is 11.6. The lowest BCUT2D eigenvalue weighted by Crippen LogP contribution is -2.15. The molecule has 5 nitrogen and oxygen atoms in total. The van der Waals surface area contributed by atoms with E-state index in [4.69, 9.17) is 17.3 Å². The average Bonchev–Trinajstić information content (AvgIpc) is 2.93. The summed E-state index contributed by atoms with van der Waals surface area (Å²) in [4.78, 5) is 12.9. The zero-order valence-electron chi connectivity index (χ0n) is 10.0. The number of imidazole rings is 1. The van der Waals surface area contributed by atoms with Gasteiger partial charge in [-0.1, -0.05) is 0 Å². The van der Waals surface area contributed by atoms with Crippen molar-refractivity contribution in [3.05, 3.63) is 11.6 Å². The first-order valence-electron chi connectivity index (χ1n) is 5.88. The summed E-state index contributed by atoms with van der Waals surface area (Å²) < 4.78 is 2.09. The molecule has 1 aliphatic rings. The van der Waals surface area contributed by atoms with Crippen molar-refractivity contribution in [2.24, 2.45) is 5.73 Å². The lowest BCUT2D eigenvalue weighted by atomic mass is 10.2. The van der Waals surface area contributed by atoms with Crippen LogP contribution in [0.15, 0.2) is 11.4 Å². The molecule has 7 heteroatoms. The van der Waals surface area contributed by atoms with Crippen molar-refractivity contribution in [2.75, 3.05) is 6.26 Å². The summed E-state index contributed by atoms with van der Waals surface area (Å²) in [6.07, 6.45) is 6.89. The van der Waals surface area contributed by atoms with Crippen molar-refractivity contribution in [1.82, 2.24) is 19.5 Å². The Hall–Kier alpha value is -0.850. The molecule has 2 aromatic rings. The van der Waals surface area contributed by atoms with Crippen LogP contribution in [0.25, 0.3) is 11.2 Å². The molecule has 0 spiro atoms. The number of nitrogens with two attached hydrogens (primary N) is 1. The zero-order chi connectivity index (χ0) is 12.7. The van der Waals surface area contributed by atoms with E-state index in [1.807, 2.05) is 12.6 Å². The van der Waals surface area contributed by atoms with Crippen molar-refractivity contribution in [1.29, 1.82) is 0 Å². The molecule has 2 atom stereocenters. The molecule has 0 amide bonds. The smallest absolute Gasteiger partial charge is 0.225 e. The van der Waals surface area contributed by atoms with E-state index < -0.39 is 0 Å². The number of thioether (sulfide) groups is 1. The summed E-state index contributed by atoms with van der Waals surface area (Å²) >= 11 is 7.50. The van der Waals surface area contributed by atoms with Crippen LogP contribution in [0.3, 0.4) is 0 Å². The van der Waals surface area contributed by atoms with Gasteiger partial charge in [0.15, 0.2) is 5.65 Å². The van der Waals surface area contributed by atoms with Gasteiger partial charge in [-0.25, -0.2) is 9.97 Å². The van der Waals surface area contributed by atoms with Gasteiger partial charge >= 0.3 is 0 Å². The largest absolute Gasteiger partial charge is 0.328 e. The van der Waals surface area contributed by atoms with Gasteiger partial charge in [0.25, 0.3) is 0 Å². The Kier molecular flexibility index (Phi) is 3.17. The SMILES string of the molecule is CSc1nc(Cl)nc2c1ncn2[C@@H]1CC[C@H](N)C1. The van der Waals surface area contributed by atoms with Crippen LogP contribution in [0.5, 0.6) is 0 Å². The fourth-order valence-corrected chi connectivity index (χ4v) is 3.25. The summed E-state index contributed by atoms with van der Waals surface area (Å²) in [5.74, 6) is 0. The third-order valence-electron chi connectivity index (χ3n) is 3.39. The molecule has 0 saturated heterocycles. The maximum atomic E-state index is 5.97. The molecule has 2 aromatic heterocycles. The van der Waals surface area contributed by atoms with Crippen molar-refractivity contribution in [3.8, 4) is 0 Å². The third kappa shape index (κ3) is 1.98. The predicted octanol–water partition coefficient (Wildman–Crippen LogP) is 2.25. The van der Waals surface area contributed by atoms with Crippen molar-refractivity contribution >= 4 is 34.5 Å². The van der Waals surface area contributed by atoms with Gasteiger partial charge in [-0.2, -0.15) is 4.98 Å². The topological polar surface area (TPSA) is 69.6 Å². The van der Waals surface area contributed by atoms with Crippen LogP contribution in [0.1, 0.15) is 25.3 Å². The van der Waals surface area contributed by atoms with Gasteiger partial charge in [0.05, 0.1) is 6.33 Å².